The molecular formula is C14H27N5. The van der Waals surface area contributed by atoms with E-state index in [9.17, 15) is 0 Å². The second-order valence-corrected chi connectivity index (χ2v) is 6.30. The molecule has 1 rings (SSSR count). The highest BCUT2D eigenvalue weighted by Gasteiger charge is 2.19. The normalized spacial score (nSPS) is 11.9. The Kier molecular flexibility index (Phi) is 5.11. The molecule has 1 aromatic heterocycles. The van der Waals surface area contributed by atoms with Crippen LogP contribution < -0.4 is 10.6 Å². The second kappa shape index (κ2) is 6.19. The predicted octanol–water partition coefficient (Wildman–Crippen LogP) is 1.74. The first-order valence-electron chi connectivity index (χ1n) is 6.71. The van der Waals surface area contributed by atoms with E-state index in [4.69, 9.17) is 5.73 Å². The number of hydrogen-bond acceptors (Lipinski definition) is 5. The van der Waals surface area contributed by atoms with Gasteiger partial charge in [0, 0.05) is 25.1 Å². The van der Waals surface area contributed by atoms with Crippen LogP contribution in [0.15, 0.2) is 6.07 Å². The lowest BCUT2D eigenvalue weighted by molar-refractivity contribution is 0.401. The second-order valence-electron chi connectivity index (χ2n) is 6.30. The number of aromatic nitrogens is 2. The van der Waals surface area contributed by atoms with Crippen LogP contribution in [0.3, 0.4) is 0 Å². The molecule has 108 valence electrons. The van der Waals surface area contributed by atoms with E-state index in [0.29, 0.717) is 5.82 Å². The summed E-state index contributed by atoms with van der Waals surface area (Å²) in [7, 11) is 6.21. The molecule has 5 heteroatoms. The van der Waals surface area contributed by atoms with Crippen LogP contribution in [0.1, 0.15) is 33.0 Å². The van der Waals surface area contributed by atoms with Crippen LogP contribution in [0.5, 0.6) is 0 Å². The molecule has 0 aliphatic rings. The molecule has 2 N–H and O–H groups in total. The molecule has 0 aliphatic heterocycles. The van der Waals surface area contributed by atoms with Crippen LogP contribution in [-0.2, 0) is 5.41 Å². The number of nitrogen functional groups attached to an aromatic ring is 1. The van der Waals surface area contributed by atoms with Gasteiger partial charge in [0.15, 0.2) is 0 Å². The monoisotopic (exact) mass is 265 g/mol. The first-order chi connectivity index (χ1) is 8.70. The van der Waals surface area contributed by atoms with E-state index in [2.05, 4.69) is 54.6 Å². The van der Waals surface area contributed by atoms with Gasteiger partial charge < -0.3 is 15.5 Å². The van der Waals surface area contributed by atoms with Gasteiger partial charge in [0.25, 0.3) is 0 Å². The van der Waals surface area contributed by atoms with E-state index < -0.39 is 0 Å². The molecule has 19 heavy (non-hydrogen) atoms. The van der Waals surface area contributed by atoms with Gasteiger partial charge in [-0.25, -0.2) is 9.97 Å². The standard InChI is InChI=1S/C14H27N5/c1-14(2,3)13-16-11(15)10-12(17-13)19(6)9-7-8-18(4)5/h10H,7-9H2,1-6H3,(H2,15,16,17). The number of rotatable bonds is 5. The molecule has 0 saturated heterocycles. The summed E-state index contributed by atoms with van der Waals surface area (Å²) in [5.74, 6) is 2.23. The fourth-order valence-corrected chi connectivity index (χ4v) is 1.72. The van der Waals surface area contributed by atoms with E-state index >= 15 is 0 Å². The summed E-state index contributed by atoms with van der Waals surface area (Å²) in [6.45, 7) is 8.31. The minimum atomic E-state index is -0.0887. The molecule has 0 radical (unpaired) electrons. The Balaban J connectivity index is 2.79. The van der Waals surface area contributed by atoms with Gasteiger partial charge >= 0.3 is 0 Å². The van der Waals surface area contributed by atoms with Crippen LogP contribution in [0.4, 0.5) is 11.6 Å². The van der Waals surface area contributed by atoms with Gasteiger partial charge in [-0.2, -0.15) is 0 Å². The first kappa shape index (κ1) is 15.7. The number of nitrogens with zero attached hydrogens (tertiary/aromatic N) is 4. The Hall–Kier alpha value is -1.36. The summed E-state index contributed by atoms with van der Waals surface area (Å²) >= 11 is 0. The van der Waals surface area contributed by atoms with Gasteiger partial charge in [-0.05, 0) is 27.1 Å². The summed E-state index contributed by atoms with van der Waals surface area (Å²) < 4.78 is 0. The molecule has 0 bridgehead atoms. The number of nitrogens with two attached hydrogens (primary N) is 1. The lowest BCUT2D eigenvalue weighted by atomic mass is 9.96. The fourth-order valence-electron chi connectivity index (χ4n) is 1.72. The highest BCUT2D eigenvalue weighted by molar-refractivity contribution is 5.47. The molecule has 0 aromatic carbocycles. The SMILES string of the molecule is CN(C)CCCN(C)c1cc(N)nc(C(C)(C)C)n1. The van der Waals surface area contributed by atoms with Crippen molar-refractivity contribution < 1.29 is 0 Å². The molecule has 0 spiro atoms. The van der Waals surface area contributed by atoms with Crippen LogP contribution in [0, 0.1) is 0 Å². The zero-order chi connectivity index (χ0) is 14.6. The van der Waals surface area contributed by atoms with Gasteiger partial charge in [0.2, 0.25) is 0 Å². The summed E-state index contributed by atoms with van der Waals surface area (Å²) in [5, 5.41) is 0. The largest absolute Gasteiger partial charge is 0.384 e. The third-order valence-corrected chi connectivity index (χ3v) is 2.89. The van der Waals surface area contributed by atoms with Crippen molar-refractivity contribution in [3.63, 3.8) is 0 Å². The molecule has 0 amide bonds. The van der Waals surface area contributed by atoms with Gasteiger partial charge in [-0.3, -0.25) is 0 Å². The zero-order valence-corrected chi connectivity index (χ0v) is 13.1. The minimum absolute atomic E-state index is 0.0887. The van der Waals surface area contributed by atoms with Crippen LogP contribution in [-0.4, -0.2) is 49.1 Å². The maximum atomic E-state index is 5.88. The Morgan fingerprint density at radius 2 is 1.74 bits per heavy atom. The lowest BCUT2D eigenvalue weighted by Crippen LogP contribution is -2.26. The van der Waals surface area contributed by atoms with Crippen molar-refractivity contribution in [1.82, 2.24) is 14.9 Å². The smallest absolute Gasteiger partial charge is 0.138 e. The number of anilines is 2. The molecule has 0 fully saturated rings. The Morgan fingerprint density at radius 1 is 1.11 bits per heavy atom. The maximum Gasteiger partial charge on any atom is 0.138 e. The maximum absolute atomic E-state index is 5.88. The van der Waals surface area contributed by atoms with Crippen molar-refractivity contribution in [2.75, 3.05) is 44.9 Å². The molecule has 0 atom stereocenters. The van der Waals surface area contributed by atoms with Crippen molar-refractivity contribution in [3.8, 4) is 0 Å². The minimum Gasteiger partial charge on any atom is -0.384 e. The summed E-state index contributed by atoms with van der Waals surface area (Å²) in [6, 6.07) is 1.84. The lowest BCUT2D eigenvalue weighted by Gasteiger charge is -2.23. The zero-order valence-electron chi connectivity index (χ0n) is 13.1. The average molecular weight is 265 g/mol. The van der Waals surface area contributed by atoms with Gasteiger partial charge in [0.05, 0.1) is 0 Å². The predicted molar refractivity (Wildman–Crippen MR) is 81.6 cm³/mol. The quantitative estimate of drug-likeness (QED) is 0.879. The van der Waals surface area contributed by atoms with E-state index in [-0.39, 0.29) is 5.41 Å². The van der Waals surface area contributed by atoms with Gasteiger partial charge in [-0.15, -0.1) is 0 Å². The molecule has 0 aliphatic carbocycles. The van der Waals surface area contributed by atoms with Crippen molar-refractivity contribution in [3.05, 3.63) is 11.9 Å². The summed E-state index contributed by atoms with van der Waals surface area (Å²) in [4.78, 5) is 13.3. The highest BCUT2D eigenvalue weighted by atomic mass is 15.2. The Morgan fingerprint density at radius 3 is 2.26 bits per heavy atom. The van der Waals surface area contributed by atoms with Crippen LogP contribution in [0.2, 0.25) is 0 Å². The van der Waals surface area contributed by atoms with Crippen LogP contribution >= 0.6 is 0 Å². The topological polar surface area (TPSA) is 58.3 Å². The van der Waals surface area contributed by atoms with E-state index in [1.54, 1.807) is 0 Å². The van der Waals surface area contributed by atoms with Crippen molar-refractivity contribution in [2.45, 2.75) is 32.6 Å². The molecule has 1 heterocycles. The Labute approximate surface area is 116 Å². The molecule has 1 aromatic rings. The van der Waals surface area contributed by atoms with Gasteiger partial charge in [-0.1, -0.05) is 20.8 Å². The molecule has 0 saturated carbocycles. The first-order valence-corrected chi connectivity index (χ1v) is 6.71. The van der Waals surface area contributed by atoms with Gasteiger partial charge in [0.1, 0.15) is 17.5 Å². The number of hydrogen-bond donors (Lipinski definition) is 1. The van der Waals surface area contributed by atoms with E-state index in [0.717, 1.165) is 31.2 Å². The van der Waals surface area contributed by atoms with Crippen molar-refractivity contribution in [1.29, 1.82) is 0 Å². The third kappa shape index (κ3) is 5.03. The molecule has 0 unspecified atom stereocenters. The van der Waals surface area contributed by atoms with E-state index in [1.807, 2.05) is 13.1 Å². The highest BCUT2D eigenvalue weighted by Crippen LogP contribution is 2.22. The van der Waals surface area contributed by atoms with Crippen molar-refractivity contribution >= 4 is 11.6 Å². The fraction of sp³-hybridized carbons (Fsp3) is 0.714. The third-order valence-electron chi connectivity index (χ3n) is 2.89. The molecule has 5 nitrogen and oxygen atoms in total. The average Bonchev–Trinajstić information content (AvgIpc) is 2.26. The Bertz CT molecular complexity index is 409. The summed E-state index contributed by atoms with van der Waals surface area (Å²) in [5.41, 5.74) is 5.80. The summed E-state index contributed by atoms with van der Waals surface area (Å²) in [6.07, 6.45) is 1.10. The van der Waals surface area contributed by atoms with E-state index in [1.165, 1.54) is 0 Å². The van der Waals surface area contributed by atoms with Crippen LogP contribution in [0.25, 0.3) is 0 Å². The van der Waals surface area contributed by atoms with Crippen molar-refractivity contribution in [2.24, 2.45) is 0 Å². The molecular weight excluding hydrogens is 238 g/mol.